The zero-order valence-electron chi connectivity index (χ0n) is 28.1. The van der Waals surface area contributed by atoms with Crippen LogP contribution in [0.15, 0.2) is 131 Å². The molecule has 0 atom stereocenters. The fourth-order valence-corrected chi connectivity index (χ4v) is 6.98. The van der Waals surface area contributed by atoms with Crippen LogP contribution in [-0.2, 0) is 26.8 Å². The highest BCUT2D eigenvalue weighted by Gasteiger charge is 2.27. The Bertz CT molecular complexity index is 2330. The number of aryl methyl sites for hydroxylation is 1. The van der Waals surface area contributed by atoms with Crippen LogP contribution < -0.4 is 14.2 Å². The maximum Gasteiger partial charge on any atom is 0.374 e. The van der Waals surface area contributed by atoms with Crippen molar-refractivity contribution in [2.75, 3.05) is 23.0 Å². The molecule has 0 spiro atoms. The fourth-order valence-electron chi connectivity index (χ4n) is 5.99. The Morgan fingerprint density at radius 1 is 0.784 bits per heavy atom. The number of fused-ring (bicyclic) bond motifs is 2. The van der Waals surface area contributed by atoms with E-state index in [9.17, 15) is 25.9 Å². The summed E-state index contributed by atoms with van der Waals surface area (Å²) in [4.78, 5) is 1.91. The minimum Gasteiger partial charge on any atom is -0.439 e. The first-order chi connectivity index (χ1) is 24.5. The number of anilines is 1. The summed E-state index contributed by atoms with van der Waals surface area (Å²) in [5.74, 6) is 0.915. The van der Waals surface area contributed by atoms with E-state index in [1.165, 1.54) is 0 Å². The molecule has 1 aliphatic rings. The van der Waals surface area contributed by atoms with Crippen LogP contribution in [0.5, 0.6) is 5.75 Å². The molecule has 0 saturated carbocycles. The molecule has 12 heteroatoms. The van der Waals surface area contributed by atoms with Crippen molar-refractivity contribution >= 4 is 43.1 Å². The Morgan fingerprint density at radius 2 is 1.41 bits per heavy atom. The molecule has 51 heavy (non-hydrogen) atoms. The van der Waals surface area contributed by atoms with Gasteiger partial charge in [0.25, 0.3) is 25.8 Å². The summed E-state index contributed by atoms with van der Waals surface area (Å²) < 4.78 is 79.1. The van der Waals surface area contributed by atoms with Crippen molar-refractivity contribution in [2.24, 2.45) is 0 Å². The lowest BCUT2D eigenvalue weighted by molar-refractivity contribution is -0.677. The van der Waals surface area contributed by atoms with Crippen LogP contribution in [0, 0.1) is 0 Å². The zero-order valence-corrected chi connectivity index (χ0v) is 29.7. The van der Waals surface area contributed by atoms with Gasteiger partial charge in [-0.3, -0.25) is 9.11 Å². The second kappa shape index (κ2) is 15.5. The third-order valence-corrected chi connectivity index (χ3v) is 10.1. The van der Waals surface area contributed by atoms with Gasteiger partial charge in [-0.05, 0) is 71.0 Å². The topological polar surface area (TPSA) is 138 Å². The predicted octanol–water partition coefficient (Wildman–Crippen LogP) is 7.70. The van der Waals surface area contributed by atoms with Gasteiger partial charge in [-0.1, -0.05) is 85.8 Å². The molecule has 0 fully saturated rings. The third-order valence-electron chi connectivity index (χ3n) is 8.53. The average molecular weight is 728 g/mol. The molecule has 0 aliphatic carbocycles. The first-order valence-corrected chi connectivity index (χ1v) is 19.9. The third kappa shape index (κ3) is 9.21. The van der Waals surface area contributed by atoms with Crippen LogP contribution in [0.25, 0.3) is 39.4 Å². The van der Waals surface area contributed by atoms with Gasteiger partial charge in [0.05, 0.1) is 23.3 Å². The van der Waals surface area contributed by atoms with E-state index in [-0.39, 0.29) is 24.3 Å². The van der Waals surface area contributed by atoms with E-state index in [4.69, 9.17) is 9.15 Å². The van der Waals surface area contributed by atoms with Crippen molar-refractivity contribution in [3.8, 4) is 28.0 Å². The van der Waals surface area contributed by atoms with Crippen molar-refractivity contribution < 1.29 is 39.7 Å². The maximum absolute atomic E-state index is 11.5. The molecule has 1 aliphatic heterocycles. The highest BCUT2D eigenvalue weighted by Crippen LogP contribution is 2.42. The number of oxazole rings is 1. The molecule has 2 heterocycles. The Kier molecular flexibility index (Phi) is 10.9. The highest BCUT2D eigenvalue weighted by atomic mass is 32.2. The SMILES string of the molecule is CCC(/C=C/c1oc2ccc(-c3ccccc3)cc2[n+]1CCCS(=O)(=O)O)=C\C=C1/Oc2ccc(-c3ccccc3)cc2N1CCCS(=O)(=O)O. The van der Waals surface area contributed by atoms with Crippen molar-refractivity contribution in [2.45, 2.75) is 32.7 Å². The van der Waals surface area contributed by atoms with E-state index in [0.717, 1.165) is 39.0 Å². The molecule has 0 saturated heterocycles. The van der Waals surface area contributed by atoms with Gasteiger partial charge in [-0.15, -0.1) is 0 Å². The standard InChI is InChI=1S/C39H38N2O8S2/c1-2-29(15-21-38-40(23-9-25-50(42,43)44)34-27-32(17-19-36(34)48-38)30-11-5-3-6-12-30)16-22-39-41(24-10-26-51(45,46)47)35-28-33(18-20-37(35)49-39)31-13-7-4-8-14-31/h3-8,11-22,27-28H,2,9-10,23-26H2,1H3,(H-,42,43,44,45,46,47)/p+1. The van der Waals surface area contributed by atoms with E-state index in [0.29, 0.717) is 42.6 Å². The maximum atomic E-state index is 11.5. The molecule has 4 aromatic carbocycles. The van der Waals surface area contributed by atoms with Gasteiger partial charge in [-0.2, -0.15) is 21.4 Å². The lowest BCUT2D eigenvalue weighted by atomic mass is 10.0. The van der Waals surface area contributed by atoms with Crippen LogP contribution in [0.2, 0.25) is 0 Å². The van der Waals surface area contributed by atoms with Gasteiger partial charge in [0.2, 0.25) is 11.5 Å². The van der Waals surface area contributed by atoms with Crippen LogP contribution in [-0.4, -0.2) is 44.0 Å². The van der Waals surface area contributed by atoms with Gasteiger partial charge in [0, 0.05) is 19.0 Å². The van der Waals surface area contributed by atoms with E-state index >= 15 is 0 Å². The summed E-state index contributed by atoms with van der Waals surface area (Å²) in [5.41, 5.74) is 7.19. The van der Waals surface area contributed by atoms with Gasteiger partial charge in [-0.25, -0.2) is 0 Å². The van der Waals surface area contributed by atoms with Gasteiger partial charge >= 0.3 is 5.89 Å². The van der Waals surface area contributed by atoms with Gasteiger partial charge in [0.1, 0.15) is 0 Å². The largest absolute Gasteiger partial charge is 0.439 e. The highest BCUT2D eigenvalue weighted by molar-refractivity contribution is 7.86. The van der Waals surface area contributed by atoms with Crippen molar-refractivity contribution in [1.29, 1.82) is 0 Å². The van der Waals surface area contributed by atoms with Crippen LogP contribution in [0.3, 0.4) is 0 Å². The molecule has 2 N–H and O–H groups in total. The smallest absolute Gasteiger partial charge is 0.374 e. The molecule has 0 radical (unpaired) electrons. The second-order valence-corrected chi connectivity index (χ2v) is 15.3. The molecule has 6 rings (SSSR count). The normalized spacial score (nSPS) is 14.5. The molecular weight excluding hydrogens is 689 g/mol. The first-order valence-electron chi connectivity index (χ1n) is 16.6. The van der Waals surface area contributed by atoms with Crippen LogP contribution >= 0.6 is 0 Å². The van der Waals surface area contributed by atoms with E-state index in [1.807, 2.05) is 138 Å². The zero-order chi connectivity index (χ0) is 36.0. The van der Waals surface area contributed by atoms with Crippen LogP contribution in [0.1, 0.15) is 32.1 Å². The summed E-state index contributed by atoms with van der Waals surface area (Å²) in [6, 6.07) is 31.6. The Morgan fingerprint density at radius 3 is 2.06 bits per heavy atom. The summed E-state index contributed by atoms with van der Waals surface area (Å²) in [5, 5.41) is 0. The number of benzene rings is 4. The molecule has 264 valence electrons. The molecule has 0 unspecified atom stereocenters. The molecule has 0 bridgehead atoms. The first kappa shape index (κ1) is 35.8. The van der Waals surface area contributed by atoms with Crippen molar-refractivity contribution in [3.05, 3.63) is 133 Å². The molecule has 1 aromatic heterocycles. The number of hydrogen-bond donors (Lipinski definition) is 2. The van der Waals surface area contributed by atoms with Crippen LogP contribution in [0.4, 0.5) is 5.69 Å². The summed E-state index contributed by atoms with van der Waals surface area (Å²) >= 11 is 0. The van der Waals surface area contributed by atoms with Gasteiger partial charge in [0.15, 0.2) is 12.3 Å². The summed E-state index contributed by atoms with van der Waals surface area (Å²) in [6.45, 7) is 2.62. The molecular formula is C39H39N2O8S2+. The molecule has 0 amide bonds. The van der Waals surface area contributed by atoms with Crippen molar-refractivity contribution in [3.63, 3.8) is 0 Å². The average Bonchev–Trinajstić information content (AvgIpc) is 3.64. The molecule has 10 nitrogen and oxygen atoms in total. The summed E-state index contributed by atoms with van der Waals surface area (Å²) in [7, 11) is -8.26. The Balaban J connectivity index is 1.31. The lowest BCUT2D eigenvalue weighted by Crippen LogP contribution is -2.36. The fraction of sp³-hybridized carbons (Fsp3) is 0.205. The lowest BCUT2D eigenvalue weighted by Gasteiger charge is -2.18. The van der Waals surface area contributed by atoms with Gasteiger partial charge < -0.3 is 14.1 Å². The predicted molar refractivity (Wildman–Crippen MR) is 199 cm³/mol. The minimum absolute atomic E-state index is 0.189. The summed E-state index contributed by atoms with van der Waals surface area (Å²) in [6.07, 6.45) is 8.56. The molecule has 5 aromatic rings. The quantitative estimate of drug-likeness (QED) is 0.0670. The second-order valence-electron chi connectivity index (χ2n) is 12.2. The van der Waals surface area contributed by atoms with E-state index in [1.54, 1.807) is 0 Å². The Labute approximate surface area is 298 Å². The monoisotopic (exact) mass is 727 g/mol. The number of hydrogen-bond acceptors (Lipinski definition) is 7. The number of ether oxygens (including phenoxy) is 1. The van der Waals surface area contributed by atoms with Crippen molar-refractivity contribution in [1.82, 2.24) is 0 Å². The number of rotatable bonds is 14. The minimum atomic E-state index is -4.13. The number of nitrogens with zero attached hydrogens (tertiary/aromatic N) is 2. The number of allylic oxidation sites excluding steroid dienone is 4. The number of aromatic nitrogens is 1. The van der Waals surface area contributed by atoms with E-state index in [2.05, 4.69) is 0 Å². The Hall–Kier alpha value is -5.01. The van der Waals surface area contributed by atoms with E-state index < -0.39 is 20.2 Å².